The molecule has 1 aromatic heterocycles. The number of hydrogen-bond acceptors (Lipinski definition) is 3. The van der Waals surface area contributed by atoms with Gasteiger partial charge in [-0.05, 0) is 37.1 Å². The molecule has 1 unspecified atom stereocenters. The van der Waals surface area contributed by atoms with E-state index in [1.807, 2.05) is 25.1 Å². The van der Waals surface area contributed by atoms with Gasteiger partial charge in [-0.2, -0.15) is 0 Å². The lowest BCUT2D eigenvalue weighted by molar-refractivity contribution is -0.117. The molecule has 1 aliphatic rings. The van der Waals surface area contributed by atoms with E-state index in [2.05, 4.69) is 9.97 Å². The smallest absolute Gasteiger partial charge is 0.227 e. The molecule has 134 valence electrons. The average Bonchev–Trinajstić information content (AvgIpc) is 3.25. The van der Waals surface area contributed by atoms with Crippen molar-refractivity contribution in [3.8, 4) is 5.75 Å². The second-order valence-corrected chi connectivity index (χ2v) is 6.45. The van der Waals surface area contributed by atoms with Crippen LogP contribution in [0.5, 0.6) is 5.75 Å². The lowest BCUT2D eigenvalue weighted by atomic mass is 10.0. The van der Waals surface area contributed by atoms with E-state index in [4.69, 9.17) is 4.74 Å². The van der Waals surface area contributed by atoms with Crippen LogP contribution < -0.4 is 9.64 Å². The second kappa shape index (κ2) is 6.78. The Morgan fingerprint density at radius 3 is 3.00 bits per heavy atom. The summed E-state index contributed by atoms with van der Waals surface area (Å²) in [5, 5.41) is 0. The van der Waals surface area contributed by atoms with Crippen molar-refractivity contribution in [2.75, 3.05) is 11.5 Å². The summed E-state index contributed by atoms with van der Waals surface area (Å²) in [5.41, 5.74) is 2.95. The van der Waals surface area contributed by atoms with E-state index >= 15 is 0 Å². The summed E-state index contributed by atoms with van der Waals surface area (Å²) in [4.78, 5) is 21.4. The van der Waals surface area contributed by atoms with Crippen molar-refractivity contribution in [1.29, 1.82) is 0 Å². The van der Waals surface area contributed by atoms with E-state index in [9.17, 15) is 9.18 Å². The van der Waals surface area contributed by atoms with Crippen LogP contribution in [0.25, 0.3) is 11.0 Å². The average molecular weight is 353 g/mol. The molecular formula is C20H20FN3O2. The number of aromatic amines is 1. The molecule has 1 atom stereocenters. The van der Waals surface area contributed by atoms with Gasteiger partial charge in [0, 0.05) is 23.7 Å². The van der Waals surface area contributed by atoms with Crippen LogP contribution in [-0.4, -0.2) is 22.5 Å². The third kappa shape index (κ3) is 2.92. The largest absolute Gasteiger partial charge is 0.494 e. The Hall–Kier alpha value is -2.89. The minimum Gasteiger partial charge on any atom is -0.494 e. The SMILES string of the molecule is CCCOc1ccc(C2CCC(=O)N2c2ccc3nc[nH]c3c2)c(F)c1. The Kier molecular flexibility index (Phi) is 4.32. The highest BCUT2D eigenvalue weighted by Crippen LogP contribution is 2.39. The first-order valence-electron chi connectivity index (χ1n) is 8.85. The fourth-order valence-corrected chi connectivity index (χ4v) is 3.46. The number of rotatable bonds is 5. The van der Waals surface area contributed by atoms with Crippen molar-refractivity contribution < 1.29 is 13.9 Å². The van der Waals surface area contributed by atoms with E-state index in [0.29, 0.717) is 30.8 Å². The molecule has 26 heavy (non-hydrogen) atoms. The predicted molar refractivity (Wildman–Crippen MR) is 97.7 cm³/mol. The molecule has 0 bridgehead atoms. The minimum absolute atomic E-state index is 0.000394. The highest BCUT2D eigenvalue weighted by atomic mass is 19.1. The number of H-pyrrole nitrogens is 1. The zero-order valence-electron chi connectivity index (χ0n) is 14.5. The van der Waals surface area contributed by atoms with Gasteiger partial charge in [-0.15, -0.1) is 0 Å². The van der Waals surface area contributed by atoms with Crippen molar-refractivity contribution in [3.63, 3.8) is 0 Å². The number of nitrogens with zero attached hydrogens (tertiary/aromatic N) is 2. The molecule has 1 saturated heterocycles. The molecule has 0 radical (unpaired) electrons. The van der Waals surface area contributed by atoms with Gasteiger partial charge in [0.1, 0.15) is 11.6 Å². The van der Waals surface area contributed by atoms with Crippen LogP contribution in [-0.2, 0) is 4.79 Å². The lowest BCUT2D eigenvalue weighted by Crippen LogP contribution is -2.27. The van der Waals surface area contributed by atoms with Crippen LogP contribution >= 0.6 is 0 Å². The number of fused-ring (bicyclic) bond motifs is 1. The van der Waals surface area contributed by atoms with Crippen LogP contribution in [0, 0.1) is 5.82 Å². The van der Waals surface area contributed by atoms with Crippen LogP contribution in [0.3, 0.4) is 0 Å². The quantitative estimate of drug-likeness (QED) is 0.741. The second-order valence-electron chi connectivity index (χ2n) is 6.45. The fraction of sp³-hybridized carbons (Fsp3) is 0.300. The van der Waals surface area contributed by atoms with Gasteiger partial charge in [-0.1, -0.05) is 13.0 Å². The van der Waals surface area contributed by atoms with Crippen molar-refractivity contribution in [1.82, 2.24) is 9.97 Å². The maximum Gasteiger partial charge on any atom is 0.227 e. The van der Waals surface area contributed by atoms with E-state index in [-0.39, 0.29) is 17.8 Å². The zero-order valence-corrected chi connectivity index (χ0v) is 14.5. The van der Waals surface area contributed by atoms with Gasteiger partial charge >= 0.3 is 0 Å². The van der Waals surface area contributed by atoms with E-state index in [1.54, 1.807) is 23.4 Å². The number of halogens is 1. The molecule has 0 saturated carbocycles. The number of carbonyl (C=O) groups is 1. The Labute approximate surface area is 150 Å². The van der Waals surface area contributed by atoms with Gasteiger partial charge in [0.05, 0.1) is 30.0 Å². The fourth-order valence-electron chi connectivity index (χ4n) is 3.46. The van der Waals surface area contributed by atoms with E-state index < -0.39 is 0 Å². The maximum absolute atomic E-state index is 14.7. The first-order valence-corrected chi connectivity index (χ1v) is 8.85. The van der Waals surface area contributed by atoms with E-state index in [1.165, 1.54) is 6.07 Å². The maximum atomic E-state index is 14.7. The molecule has 0 spiro atoms. The molecule has 2 heterocycles. The number of benzene rings is 2. The zero-order chi connectivity index (χ0) is 18.1. The summed E-state index contributed by atoms with van der Waals surface area (Å²) >= 11 is 0. The number of anilines is 1. The topological polar surface area (TPSA) is 58.2 Å². The molecule has 0 aliphatic carbocycles. The van der Waals surface area contributed by atoms with Crippen molar-refractivity contribution in [2.24, 2.45) is 0 Å². The molecule has 3 aromatic rings. The Bertz CT molecular complexity index is 953. The molecule has 6 heteroatoms. The third-order valence-electron chi connectivity index (χ3n) is 4.70. The number of amides is 1. The van der Waals surface area contributed by atoms with Crippen LogP contribution in [0.15, 0.2) is 42.7 Å². The summed E-state index contributed by atoms with van der Waals surface area (Å²) in [7, 11) is 0. The summed E-state index contributed by atoms with van der Waals surface area (Å²) in [6, 6.07) is 10.2. The number of imidazole rings is 1. The first-order chi connectivity index (χ1) is 12.7. The number of ether oxygens (including phenoxy) is 1. The monoisotopic (exact) mass is 353 g/mol. The number of nitrogens with one attached hydrogen (secondary N) is 1. The van der Waals surface area contributed by atoms with Crippen LogP contribution in [0.4, 0.5) is 10.1 Å². The number of aromatic nitrogens is 2. The highest BCUT2D eigenvalue weighted by Gasteiger charge is 2.35. The number of carbonyl (C=O) groups excluding carboxylic acids is 1. The molecule has 2 aromatic carbocycles. The predicted octanol–water partition coefficient (Wildman–Crippen LogP) is 4.36. The first kappa shape index (κ1) is 16.6. The molecule has 1 amide bonds. The minimum atomic E-state index is -0.342. The molecule has 4 rings (SSSR count). The lowest BCUT2D eigenvalue weighted by Gasteiger charge is -2.26. The normalized spacial score (nSPS) is 17.2. The molecule has 1 aliphatic heterocycles. The van der Waals surface area contributed by atoms with Gasteiger partial charge in [0.15, 0.2) is 0 Å². The summed E-state index contributed by atoms with van der Waals surface area (Å²) in [6.07, 6.45) is 3.47. The van der Waals surface area contributed by atoms with Gasteiger partial charge < -0.3 is 14.6 Å². The molecular weight excluding hydrogens is 333 g/mol. The molecule has 1 fully saturated rings. The molecule has 5 nitrogen and oxygen atoms in total. The van der Waals surface area contributed by atoms with Gasteiger partial charge in [-0.3, -0.25) is 4.79 Å². The van der Waals surface area contributed by atoms with Crippen LogP contribution in [0.2, 0.25) is 0 Å². The van der Waals surface area contributed by atoms with Crippen LogP contribution in [0.1, 0.15) is 37.8 Å². The Morgan fingerprint density at radius 1 is 1.31 bits per heavy atom. The number of hydrogen-bond donors (Lipinski definition) is 1. The molecule has 1 N–H and O–H groups in total. The standard InChI is InChI=1S/C20H20FN3O2/c1-2-9-26-14-4-5-15(16(21)11-14)19-7-8-20(25)24(19)13-3-6-17-18(10-13)23-12-22-17/h3-6,10-12,19H,2,7-9H2,1H3,(H,22,23). The Balaban J connectivity index is 1.67. The van der Waals surface area contributed by atoms with Gasteiger partial charge in [0.25, 0.3) is 0 Å². The van der Waals surface area contributed by atoms with Crippen molar-refractivity contribution in [2.45, 2.75) is 32.2 Å². The summed E-state index contributed by atoms with van der Waals surface area (Å²) < 4.78 is 20.2. The summed E-state index contributed by atoms with van der Waals surface area (Å²) in [6.45, 7) is 2.56. The van der Waals surface area contributed by atoms with Gasteiger partial charge in [0.2, 0.25) is 5.91 Å². The highest BCUT2D eigenvalue weighted by molar-refractivity contribution is 5.98. The van der Waals surface area contributed by atoms with E-state index in [0.717, 1.165) is 23.1 Å². The van der Waals surface area contributed by atoms with Crippen molar-refractivity contribution >= 4 is 22.6 Å². The Morgan fingerprint density at radius 2 is 2.19 bits per heavy atom. The van der Waals surface area contributed by atoms with Crippen molar-refractivity contribution in [3.05, 3.63) is 54.1 Å². The third-order valence-corrected chi connectivity index (χ3v) is 4.70. The summed E-state index contributed by atoms with van der Waals surface area (Å²) in [5.74, 6) is 0.174. The van der Waals surface area contributed by atoms with Gasteiger partial charge in [-0.25, -0.2) is 9.37 Å².